The molecular weight excluding hydrogens is 260 g/mol. The number of likely N-dealkylation sites (N-methyl/N-ethyl adjacent to an activating group) is 1. The molecule has 1 saturated heterocycles. The summed E-state index contributed by atoms with van der Waals surface area (Å²) >= 11 is 0. The molecule has 104 valence electrons. The van der Waals surface area contributed by atoms with Gasteiger partial charge in [0.25, 0.3) is 0 Å². The van der Waals surface area contributed by atoms with E-state index in [1.165, 1.54) is 6.07 Å². The molecular formula is C14H14N2O4. The molecule has 0 aliphatic carbocycles. The summed E-state index contributed by atoms with van der Waals surface area (Å²) in [5.74, 6) is -0.628. The number of hydrogen-bond acceptors (Lipinski definition) is 5. The summed E-state index contributed by atoms with van der Waals surface area (Å²) in [5.41, 5.74) is 1.20. The molecule has 2 aromatic rings. The highest BCUT2D eigenvalue weighted by Gasteiger charge is 2.26. The maximum atomic E-state index is 10.8. The van der Waals surface area contributed by atoms with Gasteiger partial charge in [-0.05, 0) is 19.2 Å². The lowest BCUT2D eigenvalue weighted by Crippen LogP contribution is -2.51. The molecule has 0 bridgehead atoms. The van der Waals surface area contributed by atoms with E-state index in [2.05, 4.69) is 10.1 Å². The third-order valence-corrected chi connectivity index (χ3v) is 3.21. The minimum Gasteiger partial charge on any atom is -0.487 e. The quantitative estimate of drug-likeness (QED) is 0.915. The Balaban J connectivity index is 1.86. The van der Waals surface area contributed by atoms with Crippen molar-refractivity contribution in [3.05, 3.63) is 36.1 Å². The van der Waals surface area contributed by atoms with Crippen molar-refractivity contribution in [1.29, 1.82) is 0 Å². The number of carboxylic acid groups (broad SMARTS) is 1. The van der Waals surface area contributed by atoms with Crippen LogP contribution in [-0.2, 0) is 0 Å². The second-order valence-corrected chi connectivity index (χ2v) is 4.84. The van der Waals surface area contributed by atoms with Crippen molar-refractivity contribution in [2.45, 2.75) is 6.10 Å². The fourth-order valence-corrected chi connectivity index (χ4v) is 2.18. The van der Waals surface area contributed by atoms with Crippen molar-refractivity contribution in [2.75, 3.05) is 20.1 Å². The molecule has 1 aliphatic rings. The molecule has 6 nitrogen and oxygen atoms in total. The van der Waals surface area contributed by atoms with Crippen molar-refractivity contribution < 1.29 is 19.2 Å². The highest BCUT2D eigenvalue weighted by Crippen LogP contribution is 2.31. The summed E-state index contributed by atoms with van der Waals surface area (Å²) in [6, 6.07) is 8.81. The van der Waals surface area contributed by atoms with E-state index in [1.54, 1.807) is 0 Å². The number of para-hydroxylation sites is 1. The lowest BCUT2D eigenvalue weighted by atomic mass is 10.1. The topological polar surface area (TPSA) is 75.8 Å². The fourth-order valence-electron chi connectivity index (χ4n) is 2.18. The molecule has 1 aromatic carbocycles. The Morgan fingerprint density at radius 1 is 1.45 bits per heavy atom. The number of benzene rings is 1. The molecule has 0 unspecified atom stereocenters. The summed E-state index contributed by atoms with van der Waals surface area (Å²) in [6.07, 6.45) is 0.159. The molecule has 1 aliphatic heterocycles. The van der Waals surface area contributed by atoms with Crippen LogP contribution in [0.5, 0.6) is 5.75 Å². The van der Waals surface area contributed by atoms with Gasteiger partial charge in [0.2, 0.25) is 5.76 Å². The first-order valence-corrected chi connectivity index (χ1v) is 6.28. The predicted octanol–water partition coefficient (Wildman–Crippen LogP) is 1.73. The van der Waals surface area contributed by atoms with Crippen LogP contribution in [0.15, 0.2) is 34.9 Å². The van der Waals surface area contributed by atoms with Crippen molar-refractivity contribution in [2.24, 2.45) is 0 Å². The number of aromatic carboxylic acids is 1. The van der Waals surface area contributed by atoms with Gasteiger partial charge in [-0.25, -0.2) is 4.79 Å². The highest BCUT2D eigenvalue weighted by atomic mass is 16.5. The van der Waals surface area contributed by atoms with Crippen LogP contribution in [0.4, 0.5) is 0 Å². The SMILES string of the molecule is CN1CC(Oc2ccccc2-c2cc(C(=O)O)on2)C1. The number of carbonyl (C=O) groups is 1. The molecule has 1 aromatic heterocycles. The summed E-state index contributed by atoms with van der Waals surface area (Å²) < 4.78 is 10.7. The van der Waals surface area contributed by atoms with Gasteiger partial charge >= 0.3 is 5.97 Å². The molecule has 3 rings (SSSR count). The predicted molar refractivity (Wildman–Crippen MR) is 70.8 cm³/mol. The zero-order chi connectivity index (χ0) is 14.1. The number of nitrogens with zero attached hydrogens (tertiary/aromatic N) is 2. The van der Waals surface area contributed by atoms with Crippen LogP contribution in [0.1, 0.15) is 10.6 Å². The maximum Gasteiger partial charge on any atom is 0.374 e. The van der Waals surface area contributed by atoms with Crippen LogP contribution in [0.2, 0.25) is 0 Å². The van der Waals surface area contributed by atoms with Gasteiger partial charge in [-0.15, -0.1) is 0 Å². The summed E-state index contributed by atoms with van der Waals surface area (Å²) in [5, 5.41) is 12.7. The van der Waals surface area contributed by atoms with E-state index in [9.17, 15) is 4.79 Å². The molecule has 6 heteroatoms. The molecule has 0 saturated carbocycles. The van der Waals surface area contributed by atoms with Gasteiger partial charge in [-0.2, -0.15) is 0 Å². The fraction of sp³-hybridized carbons (Fsp3) is 0.286. The number of likely N-dealkylation sites (tertiary alicyclic amines) is 1. The monoisotopic (exact) mass is 274 g/mol. The van der Waals surface area contributed by atoms with Crippen molar-refractivity contribution in [1.82, 2.24) is 10.1 Å². The van der Waals surface area contributed by atoms with Crippen molar-refractivity contribution >= 4 is 5.97 Å². The highest BCUT2D eigenvalue weighted by molar-refractivity contribution is 5.86. The number of ether oxygens (including phenoxy) is 1. The number of rotatable bonds is 4. The Bertz CT molecular complexity index is 632. The van der Waals surface area contributed by atoms with Gasteiger partial charge in [-0.3, -0.25) is 4.90 Å². The summed E-state index contributed by atoms with van der Waals surface area (Å²) in [6.45, 7) is 1.76. The first-order valence-electron chi connectivity index (χ1n) is 6.28. The van der Waals surface area contributed by atoms with Crippen LogP contribution >= 0.6 is 0 Å². The van der Waals surface area contributed by atoms with Gasteiger partial charge in [0.15, 0.2) is 0 Å². The van der Waals surface area contributed by atoms with Crippen LogP contribution < -0.4 is 4.74 Å². The van der Waals surface area contributed by atoms with Crippen LogP contribution in [0, 0.1) is 0 Å². The molecule has 0 amide bonds. The normalized spacial score (nSPS) is 15.8. The minimum absolute atomic E-state index is 0.159. The molecule has 20 heavy (non-hydrogen) atoms. The zero-order valence-corrected chi connectivity index (χ0v) is 10.9. The molecule has 2 heterocycles. The number of aromatic nitrogens is 1. The van der Waals surface area contributed by atoms with Gasteiger partial charge in [0.05, 0.1) is 0 Å². The first-order chi connectivity index (χ1) is 9.63. The standard InChI is InChI=1S/C14H14N2O4/c1-16-7-9(8-16)19-12-5-3-2-4-10(12)11-6-13(14(17)18)20-15-11/h2-6,9H,7-8H2,1H3,(H,17,18). The van der Waals surface area contributed by atoms with Gasteiger partial charge in [-0.1, -0.05) is 17.3 Å². The van der Waals surface area contributed by atoms with E-state index in [0.29, 0.717) is 11.4 Å². The molecule has 1 N–H and O–H groups in total. The Morgan fingerprint density at radius 3 is 2.85 bits per heavy atom. The Kier molecular flexibility index (Phi) is 3.15. The first kappa shape index (κ1) is 12.7. The minimum atomic E-state index is -1.14. The molecule has 1 fully saturated rings. The van der Waals surface area contributed by atoms with Gasteiger partial charge < -0.3 is 14.4 Å². The molecule has 0 spiro atoms. The van der Waals surface area contributed by atoms with Crippen LogP contribution in [-0.4, -0.2) is 47.4 Å². The number of hydrogen-bond donors (Lipinski definition) is 1. The van der Waals surface area contributed by atoms with E-state index in [4.69, 9.17) is 14.4 Å². The summed E-state index contributed by atoms with van der Waals surface area (Å²) in [7, 11) is 2.03. The second kappa shape index (κ2) is 4.97. The van der Waals surface area contributed by atoms with Crippen LogP contribution in [0.25, 0.3) is 11.3 Å². The van der Waals surface area contributed by atoms with Gasteiger partial charge in [0.1, 0.15) is 17.5 Å². The second-order valence-electron chi connectivity index (χ2n) is 4.84. The van der Waals surface area contributed by atoms with E-state index in [1.807, 2.05) is 31.3 Å². The van der Waals surface area contributed by atoms with Crippen molar-refractivity contribution in [3.63, 3.8) is 0 Å². The average molecular weight is 274 g/mol. The third-order valence-electron chi connectivity index (χ3n) is 3.21. The van der Waals surface area contributed by atoms with Gasteiger partial charge in [0, 0.05) is 24.7 Å². The smallest absolute Gasteiger partial charge is 0.374 e. The molecule has 0 atom stereocenters. The lowest BCUT2D eigenvalue weighted by molar-refractivity contribution is 0.0392. The van der Waals surface area contributed by atoms with E-state index < -0.39 is 5.97 Å². The molecule has 0 radical (unpaired) electrons. The van der Waals surface area contributed by atoms with Crippen molar-refractivity contribution in [3.8, 4) is 17.0 Å². The lowest BCUT2D eigenvalue weighted by Gasteiger charge is -2.36. The van der Waals surface area contributed by atoms with E-state index in [0.717, 1.165) is 18.7 Å². The Labute approximate surface area is 115 Å². The summed E-state index contributed by atoms with van der Waals surface area (Å²) in [4.78, 5) is 13.0. The average Bonchev–Trinajstić information content (AvgIpc) is 2.87. The van der Waals surface area contributed by atoms with E-state index in [-0.39, 0.29) is 11.9 Å². The number of carboxylic acids is 1. The van der Waals surface area contributed by atoms with Crippen LogP contribution in [0.3, 0.4) is 0 Å². The largest absolute Gasteiger partial charge is 0.487 e. The zero-order valence-electron chi connectivity index (χ0n) is 10.9. The third kappa shape index (κ3) is 2.37. The maximum absolute atomic E-state index is 10.8. The van der Waals surface area contributed by atoms with E-state index >= 15 is 0 Å². The Morgan fingerprint density at radius 2 is 2.20 bits per heavy atom. The Hall–Kier alpha value is -2.34.